The van der Waals surface area contributed by atoms with Gasteiger partial charge in [-0.05, 0) is 18.2 Å². The van der Waals surface area contributed by atoms with E-state index in [0.717, 1.165) is 0 Å². The molecule has 20 heavy (non-hydrogen) atoms. The van der Waals surface area contributed by atoms with Crippen molar-refractivity contribution < 1.29 is 14.7 Å². The van der Waals surface area contributed by atoms with Gasteiger partial charge in [-0.2, -0.15) is 0 Å². The molecule has 0 fully saturated rings. The minimum absolute atomic E-state index is 0.0222. The third-order valence-corrected chi connectivity index (χ3v) is 3.94. The van der Waals surface area contributed by atoms with Crippen LogP contribution in [0.5, 0.6) is 0 Å². The third kappa shape index (κ3) is 5.33. The van der Waals surface area contributed by atoms with Gasteiger partial charge < -0.3 is 10.4 Å². The summed E-state index contributed by atoms with van der Waals surface area (Å²) in [5.41, 5.74) is 0. The molecular weight excluding hydrogens is 321 g/mol. The molecule has 2 N–H and O–H groups in total. The lowest BCUT2D eigenvalue weighted by atomic mass is 10.2. The van der Waals surface area contributed by atoms with Gasteiger partial charge in [0.15, 0.2) is 0 Å². The van der Waals surface area contributed by atoms with Gasteiger partial charge in [0.05, 0.1) is 10.8 Å². The molecule has 1 rings (SSSR count). The van der Waals surface area contributed by atoms with E-state index in [2.05, 4.69) is 11.2 Å². The number of carboxylic acids is 1. The van der Waals surface area contributed by atoms with E-state index in [1.165, 1.54) is 11.8 Å². The highest BCUT2D eigenvalue weighted by Crippen LogP contribution is 2.29. The summed E-state index contributed by atoms with van der Waals surface area (Å²) in [5, 5.41) is 12.2. The molecule has 1 amide bonds. The van der Waals surface area contributed by atoms with Gasteiger partial charge in [0.2, 0.25) is 5.91 Å². The molecule has 7 heteroatoms. The van der Waals surface area contributed by atoms with Crippen LogP contribution in [0.2, 0.25) is 10.0 Å². The van der Waals surface area contributed by atoms with Crippen molar-refractivity contribution in [2.24, 2.45) is 0 Å². The Morgan fingerprint density at radius 2 is 2.15 bits per heavy atom. The van der Waals surface area contributed by atoms with Gasteiger partial charge in [0.25, 0.3) is 0 Å². The topological polar surface area (TPSA) is 66.4 Å². The molecule has 106 valence electrons. The van der Waals surface area contributed by atoms with E-state index in [0.29, 0.717) is 14.9 Å². The first kappa shape index (κ1) is 16.7. The van der Waals surface area contributed by atoms with E-state index in [1.807, 2.05) is 0 Å². The Bertz CT molecular complexity index is 557. The summed E-state index contributed by atoms with van der Waals surface area (Å²) >= 11 is 12.9. The Balaban J connectivity index is 2.57. The minimum Gasteiger partial charge on any atom is -0.480 e. The van der Waals surface area contributed by atoms with Gasteiger partial charge in [-0.15, -0.1) is 24.1 Å². The average molecular weight is 332 g/mol. The van der Waals surface area contributed by atoms with Gasteiger partial charge in [-0.25, -0.2) is 4.79 Å². The summed E-state index contributed by atoms with van der Waals surface area (Å²) in [6.07, 6.45) is 4.98. The van der Waals surface area contributed by atoms with Crippen LogP contribution in [0.1, 0.15) is 6.42 Å². The molecule has 0 bridgehead atoms. The fraction of sp³-hybridized carbons (Fsp3) is 0.231. The van der Waals surface area contributed by atoms with Crippen LogP contribution in [-0.2, 0) is 9.59 Å². The number of rotatable bonds is 6. The van der Waals surface area contributed by atoms with E-state index in [4.69, 9.17) is 34.7 Å². The fourth-order valence-corrected chi connectivity index (χ4v) is 2.59. The van der Waals surface area contributed by atoms with Crippen LogP contribution in [-0.4, -0.2) is 28.8 Å². The van der Waals surface area contributed by atoms with Crippen molar-refractivity contribution in [3.63, 3.8) is 0 Å². The maximum Gasteiger partial charge on any atom is 0.327 e. The monoisotopic (exact) mass is 331 g/mol. The SMILES string of the molecule is C#CCC(NC(=O)CSc1cc(Cl)ccc1Cl)C(=O)O. The molecule has 0 aliphatic carbocycles. The Morgan fingerprint density at radius 3 is 2.75 bits per heavy atom. The number of hydrogen-bond acceptors (Lipinski definition) is 3. The molecule has 1 unspecified atom stereocenters. The molecule has 0 saturated carbocycles. The van der Waals surface area contributed by atoms with Gasteiger partial charge >= 0.3 is 5.97 Å². The minimum atomic E-state index is -1.16. The quantitative estimate of drug-likeness (QED) is 0.621. The summed E-state index contributed by atoms with van der Waals surface area (Å²) < 4.78 is 0. The van der Waals surface area contributed by atoms with Crippen molar-refractivity contribution in [1.82, 2.24) is 5.32 Å². The Labute approximate surface area is 130 Å². The Hall–Kier alpha value is -1.35. The van der Waals surface area contributed by atoms with Gasteiger partial charge in [-0.1, -0.05) is 23.2 Å². The van der Waals surface area contributed by atoms with Crippen molar-refractivity contribution in [1.29, 1.82) is 0 Å². The first-order valence-electron chi connectivity index (χ1n) is 5.47. The Morgan fingerprint density at radius 1 is 1.45 bits per heavy atom. The number of terminal acetylenes is 1. The van der Waals surface area contributed by atoms with Crippen LogP contribution in [0.25, 0.3) is 0 Å². The zero-order chi connectivity index (χ0) is 15.1. The summed E-state index contributed by atoms with van der Waals surface area (Å²) in [6, 6.07) is 3.82. The van der Waals surface area contributed by atoms with Gasteiger partial charge in [0.1, 0.15) is 6.04 Å². The molecule has 1 aromatic carbocycles. The Kier molecular flexibility index (Phi) is 6.73. The number of amides is 1. The normalized spacial score (nSPS) is 11.4. The maximum atomic E-state index is 11.7. The predicted molar refractivity (Wildman–Crippen MR) is 80.2 cm³/mol. The lowest BCUT2D eigenvalue weighted by Crippen LogP contribution is -2.41. The largest absolute Gasteiger partial charge is 0.480 e. The van der Waals surface area contributed by atoms with Crippen LogP contribution in [0.3, 0.4) is 0 Å². The van der Waals surface area contributed by atoms with E-state index < -0.39 is 17.9 Å². The predicted octanol–water partition coefficient (Wildman–Crippen LogP) is 2.68. The molecule has 4 nitrogen and oxygen atoms in total. The number of carboxylic acid groups (broad SMARTS) is 1. The number of halogens is 2. The first-order chi connectivity index (χ1) is 9.43. The summed E-state index contributed by atoms with van der Waals surface area (Å²) in [6.45, 7) is 0. The van der Waals surface area contributed by atoms with Crippen LogP contribution < -0.4 is 5.32 Å². The molecule has 0 aliphatic heterocycles. The number of carbonyl (C=O) groups is 2. The van der Waals surface area contributed by atoms with Crippen LogP contribution in [0.4, 0.5) is 0 Å². The van der Waals surface area contributed by atoms with Crippen molar-refractivity contribution in [3.8, 4) is 12.3 Å². The molecule has 1 aromatic rings. The number of hydrogen-bond donors (Lipinski definition) is 2. The van der Waals surface area contributed by atoms with Gasteiger partial charge in [0, 0.05) is 16.3 Å². The highest BCUT2D eigenvalue weighted by molar-refractivity contribution is 8.00. The summed E-state index contributed by atoms with van der Waals surface area (Å²) in [5.74, 6) is 0.625. The molecule has 0 saturated heterocycles. The number of thioether (sulfide) groups is 1. The zero-order valence-corrected chi connectivity index (χ0v) is 12.6. The molecule has 0 aromatic heterocycles. The van der Waals surface area contributed by atoms with E-state index in [-0.39, 0.29) is 12.2 Å². The third-order valence-electron chi connectivity index (χ3n) is 2.21. The zero-order valence-electron chi connectivity index (χ0n) is 10.2. The van der Waals surface area contributed by atoms with Crippen LogP contribution in [0, 0.1) is 12.3 Å². The highest BCUT2D eigenvalue weighted by Gasteiger charge is 2.18. The molecular formula is C13H11Cl2NO3S. The van der Waals surface area contributed by atoms with E-state index in [1.54, 1.807) is 18.2 Å². The summed E-state index contributed by atoms with van der Waals surface area (Å²) in [4.78, 5) is 23.2. The molecule has 0 radical (unpaired) electrons. The first-order valence-corrected chi connectivity index (χ1v) is 7.21. The van der Waals surface area contributed by atoms with Crippen molar-refractivity contribution >= 4 is 46.8 Å². The molecule has 0 heterocycles. The lowest BCUT2D eigenvalue weighted by Gasteiger charge is -2.11. The average Bonchev–Trinajstić information content (AvgIpc) is 2.39. The van der Waals surface area contributed by atoms with E-state index in [9.17, 15) is 9.59 Å². The van der Waals surface area contributed by atoms with Crippen LogP contribution >= 0.6 is 35.0 Å². The maximum absolute atomic E-state index is 11.7. The number of carbonyl (C=O) groups excluding carboxylic acids is 1. The second-order valence-electron chi connectivity index (χ2n) is 3.73. The highest BCUT2D eigenvalue weighted by atomic mass is 35.5. The van der Waals surface area contributed by atoms with E-state index >= 15 is 0 Å². The standard InChI is InChI=1S/C13H11Cl2NO3S/c1-2-3-10(13(18)19)16-12(17)7-20-11-6-8(14)4-5-9(11)15/h1,4-6,10H,3,7H2,(H,16,17)(H,18,19). The summed E-state index contributed by atoms with van der Waals surface area (Å²) in [7, 11) is 0. The second kappa shape index (κ2) is 8.05. The van der Waals surface area contributed by atoms with Crippen molar-refractivity contribution in [2.45, 2.75) is 17.4 Å². The smallest absolute Gasteiger partial charge is 0.327 e. The number of aliphatic carboxylic acids is 1. The molecule has 1 atom stereocenters. The second-order valence-corrected chi connectivity index (χ2v) is 5.59. The fourth-order valence-electron chi connectivity index (χ4n) is 1.29. The lowest BCUT2D eigenvalue weighted by molar-refractivity contribution is -0.141. The molecule has 0 spiro atoms. The molecule has 0 aliphatic rings. The van der Waals surface area contributed by atoms with Gasteiger partial charge in [-0.3, -0.25) is 4.79 Å². The number of nitrogens with one attached hydrogen (secondary N) is 1. The number of benzene rings is 1. The van der Waals surface area contributed by atoms with Crippen molar-refractivity contribution in [3.05, 3.63) is 28.2 Å². The van der Waals surface area contributed by atoms with Crippen LogP contribution in [0.15, 0.2) is 23.1 Å². The van der Waals surface area contributed by atoms with Crippen molar-refractivity contribution in [2.75, 3.05) is 5.75 Å².